The molecule has 0 amide bonds. The zero-order valence-corrected chi connectivity index (χ0v) is 14.3. The highest BCUT2D eigenvalue weighted by molar-refractivity contribution is 9.10. The smallest absolute Gasteiger partial charge is 0.279 e. The Hall–Kier alpha value is -1.09. The second-order valence-corrected chi connectivity index (χ2v) is 7.14. The van der Waals surface area contributed by atoms with E-state index in [9.17, 15) is 8.42 Å². The van der Waals surface area contributed by atoms with E-state index in [1.165, 1.54) is 12.3 Å². The Morgan fingerprint density at radius 2 is 2.19 bits per heavy atom. The van der Waals surface area contributed by atoms with E-state index >= 15 is 0 Å². The van der Waals surface area contributed by atoms with Gasteiger partial charge in [-0.2, -0.15) is 13.5 Å². The molecule has 0 saturated heterocycles. The molecular formula is C12H14BrClN4O2S. The van der Waals surface area contributed by atoms with Gasteiger partial charge in [-0.1, -0.05) is 18.5 Å². The number of hydrogen-bond acceptors (Lipinski definition) is 4. The number of rotatable bonds is 6. The third-order valence-electron chi connectivity index (χ3n) is 2.69. The fourth-order valence-electron chi connectivity index (χ4n) is 1.69. The van der Waals surface area contributed by atoms with E-state index in [1.807, 2.05) is 6.92 Å². The van der Waals surface area contributed by atoms with Crippen molar-refractivity contribution in [2.45, 2.75) is 18.5 Å². The summed E-state index contributed by atoms with van der Waals surface area (Å²) in [7, 11) is -3.77. The number of halogens is 2. The molecule has 0 aliphatic heterocycles. The Bertz CT molecular complexity index is 733. The summed E-state index contributed by atoms with van der Waals surface area (Å²) in [6.07, 6.45) is 1.49. The van der Waals surface area contributed by atoms with Crippen LogP contribution in [0.4, 0.5) is 5.69 Å². The lowest BCUT2D eigenvalue weighted by molar-refractivity contribution is 0.594. The Kier molecular flexibility index (Phi) is 5.26. The van der Waals surface area contributed by atoms with Gasteiger partial charge in [0.1, 0.15) is 0 Å². The van der Waals surface area contributed by atoms with Crippen LogP contribution in [0.15, 0.2) is 33.9 Å². The standard InChI is InChI=1S/C12H14BrClN4O2S/c1-2-15-6-8-7-16-17-12(8)21(19,20)18-11-5-9(14)3-4-10(11)13/h3-5,7,15,18H,2,6H2,1H3,(H,16,17). The quantitative estimate of drug-likeness (QED) is 0.704. The van der Waals surface area contributed by atoms with E-state index < -0.39 is 10.0 Å². The Morgan fingerprint density at radius 3 is 2.90 bits per heavy atom. The van der Waals surface area contributed by atoms with Gasteiger partial charge in [0.15, 0.2) is 5.03 Å². The van der Waals surface area contributed by atoms with Crippen molar-refractivity contribution in [3.05, 3.63) is 39.5 Å². The lowest BCUT2D eigenvalue weighted by atomic mass is 10.3. The largest absolute Gasteiger partial charge is 0.313 e. The molecule has 114 valence electrons. The van der Waals surface area contributed by atoms with Gasteiger partial charge in [0.25, 0.3) is 10.0 Å². The zero-order valence-electron chi connectivity index (χ0n) is 11.2. The molecule has 0 unspecified atom stereocenters. The first kappa shape index (κ1) is 16.3. The molecule has 0 radical (unpaired) electrons. The molecule has 0 saturated carbocycles. The van der Waals surface area contributed by atoms with Gasteiger partial charge in [-0.3, -0.25) is 9.82 Å². The van der Waals surface area contributed by atoms with Gasteiger partial charge in [-0.25, -0.2) is 0 Å². The number of anilines is 1. The zero-order chi connectivity index (χ0) is 15.5. The fourth-order valence-corrected chi connectivity index (χ4v) is 3.54. The van der Waals surface area contributed by atoms with Crippen molar-refractivity contribution in [3.8, 4) is 0 Å². The summed E-state index contributed by atoms with van der Waals surface area (Å²) < 4.78 is 28.0. The minimum atomic E-state index is -3.77. The first-order valence-corrected chi connectivity index (χ1v) is 8.80. The van der Waals surface area contributed by atoms with E-state index in [-0.39, 0.29) is 5.03 Å². The molecule has 1 heterocycles. The third-order valence-corrected chi connectivity index (χ3v) is 4.99. The van der Waals surface area contributed by atoms with Gasteiger partial charge in [0.05, 0.1) is 11.9 Å². The van der Waals surface area contributed by atoms with E-state index in [0.717, 1.165) is 6.54 Å². The number of aromatic amines is 1. The summed E-state index contributed by atoms with van der Waals surface area (Å²) >= 11 is 9.17. The Labute approximate surface area is 136 Å². The van der Waals surface area contributed by atoms with E-state index in [1.54, 1.807) is 12.1 Å². The van der Waals surface area contributed by atoms with Crippen molar-refractivity contribution in [1.82, 2.24) is 15.5 Å². The van der Waals surface area contributed by atoms with Gasteiger partial charge in [0, 0.05) is 21.6 Å². The normalized spacial score (nSPS) is 11.6. The molecule has 1 aromatic heterocycles. The number of aromatic nitrogens is 2. The molecule has 0 aliphatic carbocycles. The van der Waals surface area contributed by atoms with Crippen LogP contribution in [0.25, 0.3) is 0 Å². The maximum atomic E-state index is 12.4. The average molecular weight is 394 g/mol. The summed E-state index contributed by atoms with van der Waals surface area (Å²) in [5, 5.41) is 9.86. The van der Waals surface area contributed by atoms with Crippen LogP contribution in [0.3, 0.4) is 0 Å². The number of sulfonamides is 1. The highest BCUT2D eigenvalue weighted by atomic mass is 79.9. The molecule has 21 heavy (non-hydrogen) atoms. The number of H-pyrrole nitrogens is 1. The van der Waals surface area contributed by atoms with Crippen molar-refractivity contribution < 1.29 is 8.42 Å². The highest BCUT2D eigenvalue weighted by Gasteiger charge is 2.21. The minimum absolute atomic E-state index is 0.0373. The highest BCUT2D eigenvalue weighted by Crippen LogP contribution is 2.28. The average Bonchev–Trinajstić information content (AvgIpc) is 2.89. The first-order chi connectivity index (χ1) is 9.94. The molecule has 1 aromatic carbocycles. The van der Waals surface area contributed by atoms with Crippen LogP contribution in [0.2, 0.25) is 5.02 Å². The van der Waals surface area contributed by atoms with Crippen LogP contribution < -0.4 is 10.0 Å². The molecule has 0 bridgehead atoms. The first-order valence-electron chi connectivity index (χ1n) is 6.15. The number of hydrogen-bond donors (Lipinski definition) is 3. The van der Waals surface area contributed by atoms with E-state index in [0.29, 0.717) is 27.3 Å². The summed E-state index contributed by atoms with van der Waals surface area (Å²) in [5.74, 6) is 0. The maximum Gasteiger partial charge on any atom is 0.279 e. The second-order valence-electron chi connectivity index (χ2n) is 4.23. The summed E-state index contributed by atoms with van der Waals surface area (Å²) in [4.78, 5) is 0. The monoisotopic (exact) mass is 392 g/mol. The van der Waals surface area contributed by atoms with Crippen molar-refractivity contribution in [2.24, 2.45) is 0 Å². The van der Waals surface area contributed by atoms with Gasteiger partial charge in [0.2, 0.25) is 0 Å². The molecule has 2 aromatic rings. The number of nitrogens with one attached hydrogen (secondary N) is 3. The molecule has 0 aliphatic rings. The summed E-state index contributed by atoms with van der Waals surface area (Å²) in [5.41, 5.74) is 0.939. The number of benzene rings is 1. The van der Waals surface area contributed by atoms with Crippen LogP contribution in [0, 0.1) is 0 Å². The third kappa shape index (κ3) is 3.97. The van der Waals surface area contributed by atoms with E-state index in [4.69, 9.17) is 11.6 Å². The van der Waals surface area contributed by atoms with Crippen LogP contribution in [-0.4, -0.2) is 25.2 Å². The molecule has 6 nitrogen and oxygen atoms in total. The van der Waals surface area contributed by atoms with Crippen LogP contribution in [0.5, 0.6) is 0 Å². The lowest BCUT2D eigenvalue weighted by Gasteiger charge is -2.10. The molecule has 0 atom stereocenters. The molecule has 2 rings (SSSR count). The van der Waals surface area contributed by atoms with Crippen molar-refractivity contribution in [1.29, 1.82) is 0 Å². The minimum Gasteiger partial charge on any atom is -0.313 e. The predicted octanol–water partition coefficient (Wildman–Crippen LogP) is 2.74. The predicted molar refractivity (Wildman–Crippen MR) is 85.9 cm³/mol. The van der Waals surface area contributed by atoms with Gasteiger partial charge < -0.3 is 5.32 Å². The van der Waals surface area contributed by atoms with Gasteiger partial charge in [-0.05, 0) is 40.7 Å². The van der Waals surface area contributed by atoms with Gasteiger partial charge in [-0.15, -0.1) is 0 Å². The second kappa shape index (κ2) is 6.78. The Balaban J connectivity index is 2.30. The summed E-state index contributed by atoms with van der Waals surface area (Å²) in [6, 6.07) is 4.87. The fraction of sp³-hybridized carbons (Fsp3) is 0.250. The van der Waals surface area contributed by atoms with E-state index in [2.05, 4.69) is 36.2 Å². The molecule has 3 N–H and O–H groups in total. The summed E-state index contributed by atoms with van der Waals surface area (Å²) in [6.45, 7) is 3.09. The molecule has 0 spiro atoms. The molecule has 0 fully saturated rings. The van der Waals surface area contributed by atoms with Crippen molar-refractivity contribution in [2.75, 3.05) is 11.3 Å². The van der Waals surface area contributed by atoms with Crippen LogP contribution in [-0.2, 0) is 16.6 Å². The lowest BCUT2D eigenvalue weighted by Crippen LogP contribution is -2.18. The maximum absolute atomic E-state index is 12.4. The Morgan fingerprint density at radius 1 is 1.43 bits per heavy atom. The molecule has 9 heteroatoms. The molecular weight excluding hydrogens is 380 g/mol. The van der Waals surface area contributed by atoms with Crippen molar-refractivity contribution >= 4 is 43.2 Å². The van der Waals surface area contributed by atoms with Crippen molar-refractivity contribution in [3.63, 3.8) is 0 Å². The SMILES string of the molecule is CCNCc1cn[nH]c1S(=O)(=O)Nc1cc(Cl)ccc1Br. The van der Waals surface area contributed by atoms with Crippen LogP contribution >= 0.6 is 27.5 Å². The van der Waals surface area contributed by atoms with Gasteiger partial charge >= 0.3 is 0 Å². The number of nitrogens with zero attached hydrogens (tertiary/aromatic N) is 1. The topological polar surface area (TPSA) is 86.9 Å². The van der Waals surface area contributed by atoms with Crippen LogP contribution in [0.1, 0.15) is 12.5 Å².